The van der Waals surface area contributed by atoms with Crippen LogP contribution < -0.4 is 4.74 Å². The summed E-state index contributed by atoms with van der Waals surface area (Å²) in [4.78, 5) is 0. The Hall–Kier alpha value is -1.11. The Labute approximate surface area is 139 Å². The monoisotopic (exact) mass is 341 g/mol. The lowest BCUT2D eigenvalue weighted by atomic mass is 10.1. The highest BCUT2D eigenvalue weighted by atomic mass is 32.2. The van der Waals surface area contributed by atoms with Gasteiger partial charge in [-0.25, -0.2) is 12.7 Å². The van der Waals surface area contributed by atoms with Crippen LogP contribution in [0.5, 0.6) is 5.75 Å². The van der Waals surface area contributed by atoms with Gasteiger partial charge >= 0.3 is 0 Å². The summed E-state index contributed by atoms with van der Waals surface area (Å²) in [6.07, 6.45) is 2.72. The molecule has 2 rings (SSSR count). The van der Waals surface area contributed by atoms with Crippen molar-refractivity contribution >= 4 is 10.0 Å². The van der Waals surface area contributed by atoms with Gasteiger partial charge in [-0.1, -0.05) is 6.07 Å². The number of nitrogens with zero attached hydrogens (tertiary/aromatic N) is 1. The summed E-state index contributed by atoms with van der Waals surface area (Å²) in [5.74, 6) is 0.844. The van der Waals surface area contributed by atoms with Crippen molar-refractivity contribution in [1.29, 1.82) is 0 Å². The molecule has 1 aromatic carbocycles. The SMILES string of the molecule is Cc1cc(C)cc(OCCN(C)S(=O)(=O)CC2CCCCO2)c1. The third-order valence-corrected chi connectivity index (χ3v) is 5.94. The minimum atomic E-state index is -3.30. The van der Waals surface area contributed by atoms with Gasteiger partial charge in [0.1, 0.15) is 12.4 Å². The first-order valence-corrected chi connectivity index (χ1v) is 9.74. The Bertz CT molecular complexity index is 589. The summed E-state index contributed by atoms with van der Waals surface area (Å²) < 4.78 is 37.3. The molecule has 1 atom stereocenters. The van der Waals surface area contributed by atoms with Crippen LogP contribution in [0.15, 0.2) is 18.2 Å². The summed E-state index contributed by atoms with van der Waals surface area (Å²) in [5.41, 5.74) is 2.27. The molecule has 23 heavy (non-hydrogen) atoms. The van der Waals surface area contributed by atoms with E-state index in [9.17, 15) is 8.42 Å². The van der Waals surface area contributed by atoms with Crippen molar-refractivity contribution in [2.75, 3.05) is 32.6 Å². The average molecular weight is 341 g/mol. The van der Waals surface area contributed by atoms with Crippen molar-refractivity contribution in [3.8, 4) is 5.75 Å². The minimum absolute atomic E-state index is 0.0626. The fraction of sp³-hybridized carbons (Fsp3) is 0.647. The molecule has 0 radical (unpaired) electrons. The Balaban J connectivity index is 1.81. The maximum atomic E-state index is 12.3. The van der Waals surface area contributed by atoms with Crippen molar-refractivity contribution in [1.82, 2.24) is 4.31 Å². The van der Waals surface area contributed by atoms with E-state index in [0.29, 0.717) is 19.8 Å². The predicted octanol–water partition coefficient (Wildman–Crippen LogP) is 2.51. The lowest BCUT2D eigenvalue weighted by Crippen LogP contribution is -2.38. The maximum Gasteiger partial charge on any atom is 0.216 e. The predicted molar refractivity (Wildman–Crippen MR) is 91.4 cm³/mol. The molecule has 1 saturated heterocycles. The Kier molecular flexibility index (Phi) is 6.44. The topological polar surface area (TPSA) is 55.8 Å². The fourth-order valence-electron chi connectivity index (χ4n) is 2.75. The number of likely N-dealkylation sites (N-methyl/N-ethyl adjacent to an activating group) is 1. The summed E-state index contributed by atoms with van der Waals surface area (Å²) in [6, 6.07) is 5.99. The molecule has 1 unspecified atom stereocenters. The lowest BCUT2D eigenvalue weighted by molar-refractivity contribution is 0.0299. The van der Waals surface area contributed by atoms with Crippen molar-refractivity contribution in [2.45, 2.75) is 39.2 Å². The van der Waals surface area contributed by atoms with E-state index in [1.807, 2.05) is 26.0 Å². The van der Waals surface area contributed by atoms with Gasteiger partial charge in [-0.3, -0.25) is 0 Å². The zero-order valence-electron chi connectivity index (χ0n) is 14.2. The molecule has 1 aromatic rings. The molecule has 0 amide bonds. The van der Waals surface area contributed by atoms with E-state index >= 15 is 0 Å². The number of aryl methyl sites for hydroxylation is 2. The Morgan fingerprint density at radius 1 is 1.22 bits per heavy atom. The molecule has 130 valence electrons. The third-order valence-electron chi connectivity index (χ3n) is 4.02. The normalized spacial score (nSPS) is 19.0. The first-order valence-electron chi connectivity index (χ1n) is 8.13. The Morgan fingerprint density at radius 2 is 1.91 bits per heavy atom. The molecule has 1 fully saturated rings. The van der Waals surface area contributed by atoms with E-state index in [-0.39, 0.29) is 11.9 Å². The summed E-state index contributed by atoms with van der Waals surface area (Å²) in [6.45, 7) is 5.37. The second kappa shape index (κ2) is 8.13. The van der Waals surface area contributed by atoms with E-state index in [4.69, 9.17) is 9.47 Å². The summed E-state index contributed by atoms with van der Waals surface area (Å²) in [7, 11) is -1.70. The van der Waals surface area contributed by atoms with E-state index in [1.54, 1.807) is 7.05 Å². The lowest BCUT2D eigenvalue weighted by Gasteiger charge is -2.25. The first kappa shape index (κ1) is 18.2. The standard InChI is InChI=1S/C17H27NO4S/c1-14-10-15(2)12-17(11-14)22-9-7-18(3)23(19,20)13-16-6-4-5-8-21-16/h10-12,16H,4-9,13H2,1-3H3. The highest BCUT2D eigenvalue weighted by molar-refractivity contribution is 7.89. The van der Waals surface area contributed by atoms with E-state index < -0.39 is 10.0 Å². The molecule has 6 heteroatoms. The molecule has 5 nitrogen and oxygen atoms in total. The molecular weight excluding hydrogens is 314 g/mol. The average Bonchev–Trinajstić information content (AvgIpc) is 2.46. The van der Waals surface area contributed by atoms with Gasteiger partial charge < -0.3 is 9.47 Å². The van der Waals surface area contributed by atoms with E-state index in [0.717, 1.165) is 36.1 Å². The van der Waals surface area contributed by atoms with Crippen LogP contribution in [-0.4, -0.2) is 51.4 Å². The molecule has 0 aliphatic carbocycles. The smallest absolute Gasteiger partial charge is 0.216 e. The van der Waals surface area contributed by atoms with E-state index in [2.05, 4.69) is 6.07 Å². The molecule has 0 bridgehead atoms. The van der Waals surface area contributed by atoms with Crippen LogP contribution in [0.3, 0.4) is 0 Å². The Morgan fingerprint density at radius 3 is 2.52 bits per heavy atom. The summed E-state index contributed by atoms with van der Waals surface area (Å²) in [5, 5.41) is 0. The van der Waals surface area contributed by atoms with Gasteiger partial charge in [0.05, 0.1) is 11.9 Å². The van der Waals surface area contributed by atoms with E-state index in [1.165, 1.54) is 4.31 Å². The van der Waals surface area contributed by atoms with Crippen LogP contribution >= 0.6 is 0 Å². The van der Waals surface area contributed by atoms with Gasteiger partial charge in [0.15, 0.2) is 0 Å². The second-order valence-electron chi connectivity index (χ2n) is 6.26. The molecule has 1 aliphatic rings. The summed E-state index contributed by atoms with van der Waals surface area (Å²) >= 11 is 0. The number of ether oxygens (including phenoxy) is 2. The maximum absolute atomic E-state index is 12.3. The third kappa shape index (κ3) is 5.79. The van der Waals surface area contributed by atoms with Crippen LogP contribution in [0, 0.1) is 13.8 Å². The van der Waals surface area contributed by atoms with Crippen LogP contribution in [0.25, 0.3) is 0 Å². The van der Waals surface area contributed by atoms with Crippen LogP contribution in [-0.2, 0) is 14.8 Å². The van der Waals surface area contributed by atoms with Crippen LogP contribution in [0.2, 0.25) is 0 Å². The fourth-order valence-corrected chi connectivity index (χ4v) is 4.09. The van der Waals surface area contributed by atoms with Gasteiger partial charge in [-0.2, -0.15) is 0 Å². The van der Waals surface area contributed by atoms with Gasteiger partial charge in [-0.05, 0) is 56.4 Å². The molecule has 1 heterocycles. The number of benzene rings is 1. The number of sulfonamides is 1. The molecule has 1 aliphatic heterocycles. The van der Waals surface area contributed by atoms with Gasteiger partial charge in [0, 0.05) is 20.2 Å². The molecule has 0 saturated carbocycles. The molecule has 0 N–H and O–H groups in total. The minimum Gasteiger partial charge on any atom is -0.492 e. The highest BCUT2D eigenvalue weighted by Crippen LogP contribution is 2.17. The van der Waals surface area contributed by atoms with Gasteiger partial charge in [0.25, 0.3) is 0 Å². The van der Waals surface area contributed by atoms with Gasteiger partial charge in [0.2, 0.25) is 10.0 Å². The zero-order valence-corrected chi connectivity index (χ0v) is 15.1. The van der Waals surface area contributed by atoms with Crippen LogP contribution in [0.1, 0.15) is 30.4 Å². The number of rotatable bonds is 7. The molecular formula is C17H27NO4S. The van der Waals surface area contributed by atoms with Crippen molar-refractivity contribution in [2.24, 2.45) is 0 Å². The second-order valence-corrected chi connectivity index (χ2v) is 8.38. The first-order chi connectivity index (χ1) is 10.9. The largest absolute Gasteiger partial charge is 0.492 e. The number of hydrogen-bond donors (Lipinski definition) is 0. The highest BCUT2D eigenvalue weighted by Gasteiger charge is 2.25. The molecule has 0 spiro atoms. The quantitative estimate of drug-likeness (QED) is 0.765. The van der Waals surface area contributed by atoms with Gasteiger partial charge in [-0.15, -0.1) is 0 Å². The van der Waals surface area contributed by atoms with Crippen molar-refractivity contribution in [3.63, 3.8) is 0 Å². The zero-order chi connectivity index (χ0) is 16.9. The van der Waals surface area contributed by atoms with Crippen molar-refractivity contribution in [3.05, 3.63) is 29.3 Å². The number of hydrogen-bond acceptors (Lipinski definition) is 4. The van der Waals surface area contributed by atoms with Crippen LogP contribution in [0.4, 0.5) is 0 Å². The molecule has 0 aromatic heterocycles. The van der Waals surface area contributed by atoms with Crippen molar-refractivity contribution < 1.29 is 17.9 Å².